The first kappa shape index (κ1) is 19.7. The Balaban J connectivity index is 1.44. The van der Waals surface area contributed by atoms with Gasteiger partial charge in [-0.1, -0.05) is 11.6 Å². The highest BCUT2D eigenvalue weighted by Gasteiger charge is 2.29. The molecule has 9 heteroatoms. The summed E-state index contributed by atoms with van der Waals surface area (Å²) in [5, 5.41) is 10.8. The maximum absolute atomic E-state index is 12.5. The topological polar surface area (TPSA) is 94.5 Å². The highest BCUT2D eigenvalue weighted by molar-refractivity contribution is 6.31. The Labute approximate surface area is 173 Å². The van der Waals surface area contributed by atoms with Crippen molar-refractivity contribution in [2.24, 2.45) is 0 Å². The van der Waals surface area contributed by atoms with Crippen LogP contribution < -0.4 is 15.4 Å². The van der Waals surface area contributed by atoms with E-state index in [1.54, 1.807) is 22.9 Å². The van der Waals surface area contributed by atoms with Crippen LogP contribution in [0.3, 0.4) is 0 Å². The minimum Gasteiger partial charge on any atom is -0.496 e. The van der Waals surface area contributed by atoms with Crippen LogP contribution in [0.2, 0.25) is 5.02 Å². The molecule has 0 saturated heterocycles. The van der Waals surface area contributed by atoms with Gasteiger partial charge in [-0.25, -0.2) is 0 Å². The molecule has 2 heterocycles. The van der Waals surface area contributed by atoms with Crippen molar-refractivity contribution in [3.05, 3.63) is 45.7 Å². The number of methoxy groups -OCH3 is 1. The zero-order chi connectivity index (χ0) is 20.4. The lowest BCUT2D eigenvalue weighted by atomic mass is 10.1. The van der Waals surface area contributed by atoms with Gasteiger partial charge in [0.1, 0.15) is 5.75 Å². The number of fused-ring (bicyclic) bond motifs is 1. The molecule has 1 aromatic heterocycles. The van der Waals surface area contributed by atoms with Crippen LogP contribution in [0.5, 0.6) is 5.75 Å². The van der Waals surface area contributed by atoms with E-state index < -0.39 is 0 Å². The lowest BCUT2D eigenvalue weighted by molar-refractivity contribution is 0.0921. The molecule has 2 aliphatic rings. The summed E-state index contributed by atoms with van der Waals surface area (Å²) in [6.45, 7) is 1.78. The third-order valence-corrected chi connectivity index (χ3v) is 5.27. The molecular formula is C20H23ClN4O4. The summed E-state index contributed by atoms with van der Waals surface area (Å²) >= 11 is 6.00. The SMILES string of the molecule is COc1ccc(Cl)cc1C(=O)NCCn1nc(C(=O)NC2CC2)c2c1CCOC2. The van der Waals surface area contributed by atoms with E-state index in [1.165, 1.54) is 7.11 Å². The van der Waals surface area contributed by atoms with E-state index in [-0.39, 0.29) is 17.9 Å². The van der Waals surface area contributed by atoms with Crippen molar-refractivity contribution in [1.29, 1.82) is 0 Å². The molecule has 0 unspecified atom stereocenters. The lowest BCUT2D eigenvalue weighted by Gasteiger charge is -2.15. The normalized spacial score (nSPS) is 15.5. The number of hydrogen-bond donors (Lipinski definition) is 2. The van der Waals surface area contributed by atoms with Crippen LogP contribution in [0.1, 0.15) is 44.9 Å². The first-order valence-electron chi connectivity index (χ1n) is 9.65. The van der Waals surface area contributed by atoms with E-state index in [1.807, 2.05) is 0 Å². The highest BCUT2D eigenvalue weighted by atomic mass is 35.5. The van der Waals surface area contributed by atoms with Crippen LogP contribution in [0.25, 0.3) is 0 Å². The zero-order valence-electron chi connectivity index (χ0n) is 16.2. The summed E-state index contributed by atoms with van der Waals surface area (Å²) in [6, 6.07) is 5.16. The largest absolute Gasteiger partial charge is 0.496 e. The molecule has 0 atom stereocenters. The molecule has 4 rings (SSSR count). The number of benzene rings is 1. The van der Waals surface area contributed by atoms with Gasteiger partial charge in [-0.05, 0) is 31.0 Å². The summed E-state index contributed by atoms with van der Waals surface area (Å²) < 4.78 is 12.6. The van der Waals surface area contributed by atoms with Crippen molar-refractivity contribution in [3.8, 4) is 5.75 Å². The second-order valence-electron chi connectivity index (χ2n) is 7.15. The van der Waals surface area contributed by atoms with Crippen LogP contribution in [0.15, 0.2) is 18.2 Å². The molecule has 1 fully saturated rings. The number of ether oxygens (including phenoxy) is 2. The number of nitrogens with zero attached hydrogens (tertiary/aromatic N) is 2. The van der Waals surface area contributed by atoms with Crippen molar-refractivity contribution in [1.82, 2.24) is 20.4 Å². The minimum absolute atomic E-state index is 0.152. The molecule has 0 radical (unpaired) electrons. The van der Waals surface area contributed by atoms with E-state index in [0.717, 1.165) is 24.1 Å². The number of nitrogens with one attached hydrogen (secondary N) is 2. The molecule has 154 valence electrons. The predicted molar refractivity (Wildman–Crippen MR) is 106 cm³/mol. The smallest absolute Gasteiger partial charge is 0.272 e. The maximum atomic E-state index is 12.5. The molecule has 1 aliphatic carbocycles. The van der Waals surface area contributed by atoms with E-state index in [2.05, 4.69) is 15.7 Å². The quantitative estimate of drug-likeness (QED) is 0.716. The van der Waals surface area contributed by atoms with Crippen molar-refractivity contribution in [2.45, 2.75) is 38.5 Å². The Morgan fingerprint density at radius 1 is 1.34 bits per heavy atom. The summed E-state index contributed by atoms with van der Waals surface area (Å²) in [5.41, 5.74) is 2.64. The van der Waals surface area contributed by atoms with Gasteiger partial charge in [0.2, 0.25) is 0 Å². The number of rotatable bonds is 7. The number of carbonyl (C=O) groups excluding carboxylic acids is 2. The second-order valence-corrected chi connectivity index (χ2v) is 7.58. The third kappa shape index (κ3) is 4.38. The average molecular weight is 419 g/mol. The van der Waals surface area contributed by atoms with Crippen LogP contribution in [0, 0.1) is 0 Å². The summed E-state index contributed by atoms with van der Waals surface area (Å²) in [5.74, 6) is 0.0284. The molecule has 2 aromatic rings. The van der Waals surface area contributed by atoms with E-state index in [4.69, 9.17) is 21.1 Å². The van der Waals surface area contributed by atoms with Gasteiger partial charge in [0.05, 0.1) is 32.4 Å². The second kappa shape index (κ2) is 8.42. The molecule has 1 saturated carbocycles. The fraction of sp³-hybridized carbons (Fsp3) is 0.450. The highest BCUT2D eigenvalue weighted by Crippen LogP contribution is 2.24. The minimum atomic E-state index is -0.277. The first-order chi connectivity index (χ1) is 14.1. The van der Waals surface area contributed by atoms with Gasteiger partial charge < -0.3 is 20.1 Å². The Hall–Kier alpha value is -2.58. The molecule has 2 N–H and O–H groups in total. The summed E-state index contributed by atoms with van der Waals surface area (Å²) in [6.07, 6.45) is 2.73. The van der Waals surface area contributed by atoms with Crippen LogP contribution in [0.4, 0.5) is 0 Å². The zero-order valence-corrected chi connectivity index (χ0v) is 16.9. The Kier molecular flexibility index (Phi) is 5.73. The van der Waals surface area contributed by atoms with Gasteiger partial charge in [-0.3, -0.25) is 14.3 Å². The average Bonchev–Trinajstić information content (AvgIpc) is 3.46. The van der Waals surface area contributed by atoms with Gasteiger partial charge in [-0.2, -0.15) is 5.10 Å². The fourth-order valence-corrected chi connectivity index (χ4v) is 3.56. The first-order valence-corrected chi connectivity index (χ1v) is 10.0. The van der Waals surface area contributed by atoms with Gasteiger partial charge in [0.25, 0.3) is 11.8 Å². The van der Waals surface area contributed by atoms with Gasteiger partial charge in [0.15, 0.2) is 5.69 Å². The molecule has 1 aliphatic heterocycles. The summed E-state index contributed by atoms with van der Waals surface area (Å²) in [4.78, 5) is 25.0. The van der Waals surface area contributed by atoms with Crippen molar-refractivity contribution < 1.29 is 19.1 Å². The van der Waals surface area contributed by atoms with Crippen molar-refractivity contribution >= 4 is 23.4 Å². The van der Waals surface area contributed by atoms with Crippen LogP contribution in [-0.2, 0) is 24.3 Å². The van der Waals surface area contributed by atoms with Gasteiger partial charge in [-0.15, -0.1) is 0 Å². The third-order valence-electron chi connectivity index (χ3n) is 5.04. The van der Waals surface area contributed by atoms with Crippen molar-refractivity contribution in [2.75, 3.05) is 20.3 Å². The Morgan fingerprint density at radius 3 is 2.93 bits per heavy atom. The maximum Gasteiger partial charge on any atom is 0.272 e. The summed E-state index contributed by atoms with van der Waals surface area (Å²) in [7, 11) is 1.51. The Bertz CT molecular complexity index is 939. The van der Waals surface area contributed by atoms with Crippen LogP contribution >= 0.6 is 11.6 Å². The van der Waals surface area contributed by atoms with E-state index in [0.29, 0.717) is 54.8 Å². The monoisotopic (exact) mass is 418 g/mol. The number of amides is 2. The molecule has 0 spiro atoms. The van der Waals surface area contributed by atoms with Gasteiger partial charge in [0, 0.05) is 35.3 Å². The van der Waals surface area contributed by atoms with E-state index in [9.17, 15) is 9.59 Å². The van der Waals surface area contributed by atoms with E-state index >= 15 is 0 Å². The number of halogens is 1. The molecule has 1 aromatic carbocycles. The predicted octanol–water partition coefficient (Wildman–Crippen LogP) is 1.94. The molecule has 2 amide bonds. The molecule has 8 nitrogen and oxygen atoms in total. The van der Waals surface area contributed by atoms with Gasteiger partial charge >= 0.3 is 0 Å². The molecule has 0 bridgehead atoms. The number of hydrogen-bond acceptors (Lipinski definition) is 5. The number of carbonyl (C=O) groups is 2. The number of aromatic nitrogens is 2. The standard InChI is InChI=1S/C20H23ClN4O4/c1-28-17-5-2-12(21)10-14(17)19(26)22-7-8-25-16-6-9-29-11-15(16)18(24-25)20(27)23-13-3-4-13/h2,5,10,13H,3-4,6-9,11H2,1H3,(H,22,26)(H,23,27). The fourth-order valence-electron chi connectivity index (χ4n) is 3.39. The Morgan fingerprint density at radius 2 is 2.17 bits per heavy atom. The van der Waals surface area contributed by atoms with Crippen LogP contribution in [-0.4, -0.2) is 47.9 Å². The molecule has 29 heavy (non-hydrogen) atoms. The van der Waals surface area contributed by atoms with Crippen molar-refractivity contribution in [3.63, 3.8) is 0 Å². The lowest BCUT2D eigenvalue weighted by Crippen LogP contribution is -2.29. The molecular weight excluding hydrogens is 396 g/mol.